The largest absolute Gasteiger partial charge is 0.457 e. The van der Waals surface area contributed by atoms with Crippen LogP contribution in [0, 0.1) is 21.4 Å². The molecule has 0 atom stereocenters. The van der Waals surface area contributed by atoms with Gasteiger partial charge < -0.3 is 9.73 Å². The van der Waals surface area contributed by atoms with E-state index in [4.69, 9.17) is 4.42 Å². The molecule has 7 nitrogen and oxygen atoms in total. The van der Waals surface area contributed by atoms with E-state index in [0.717, 1.165) is 5.56 Å². The molecule has 0 bridgehead atoms. The van der Waals surface area contributed by atoms with Gasteiger partial charge in [-0.1, -0.05) is 30.3 Å². The smallest absolute Gasteiger partial charge is 0.269 e. The van der Waals surface area contributed by atoms with E-state index in [0.29, 0.717) is 17.2 Å². The highest BCUT2D eigenvalue weighted by Crippen LogP contribution is 2.23. The van der Waals surface area contributed by atoms with Crippen molar-refractivity contribution in [3.8, 4) is 17.4 Å². The zero-order valence-corrected chi connectivity index (χ0v) is 14.0. The maximum Gasteiger partial charge on any atom is 0.269 e. The summed E-state index contributed by atoms with van der Waals surface area (Å²) < 4.78 is 5.66. The topological polar surface area (TPSA) is 109 Å². The number of rotatable bonds is 5. The molecule has 2 aromatic carbocycles. The van der Waals surface area contributed by atoms with Crippen molar-refractivity contribution in [2.24, 2.45) is 0 Å². The van der Waals surface area contributed by atoms with E-state index in [1.54, 1.807) is 12.1 Å². The molecule has 1 amide bonds. The number of furan rings is 1. The number of nitro groups is 1. The van der Waals surface area contributed by atoms with Crippen molar-refractivity contribution in [3.05, 3.63) is 88.2 Å². The Balaban J connectivity index is 1.76. The quantitative estimate of drug-likeness (QED) is 0.314. The molecule has 0 saturated heterocycles. The molecule has 0 spiro atoms. The van der Waals surface area contributed by atoms with Gasteiger partial charge in [0.1, 0.15) is 23.2 Å². The lowest BCUT2D eigenvalue weighted by Gasteiger charge is -2.03. The second-order valence-electron chi connectivity index (χ2n) is 5.50. The maximum absolute atomic E-state index is 12.3. The van der Waals surface area contributed by atoms with Crippen molar-refractivity contribution in [2.75, 3.05) is 5.32 Å². The van der Waals surface area contributed by atoms with Gasteiger partial charge in [-0.3, -0.25) is 14.9 Å². The lowest BCUT2D eigenvalue weighted by atomic mass is 10.2. The minimum absolute atomic E-state index is 0.0897. The number of amides is 1. The average Bonchev–Trinajstić information content (AvgIpc) is 3.16. The van der Waals surface area contributed by atoms with Crippen LogP contribution in [-0.2, 0) is 4.79 Å². The van der Waals surface area contributed by atoms with Gasteiger partial charge in [-0.2, -0.15) is 5.26 Å². The van der Waals surface area contributed by atoms with Gasteiger partial charge in [-0.05, 0) is 24.3 Å². The highest BCUT2D eigenvalue weighted by Gasteiger charge is 2.12. The first kappa shape index (κ1) is 17.6. The van der Waals surface area contributed by atoms with E-state index in [9.17, 15) is 20.2 Å². The van der Waals surface area contributed by atoms with E-state index in [-0.39, 0.29) is 11.3 Å². The Morgan fingerprint density at radius 1 is 1.07 bits per heavy atom. The number of nitro benzene ring substituents is 1. The highest BCUT2D eigenvalue weighted by atomic mass is 16.6. The van der Waals surface area contributed by atoms with Crippen LogP contribution in [0.5, 0.6) is 0 Å². The lowest BCUT2D eigenvalue weighted by molar-refractivity contribution is -0.384. The van der Waals surface area contributed by atoms with E-state index >= 15 is 0 Å². The zero-order chi connectivity index (χ0) is 19.2. The minimum Gasteiger partial charge on any atom is -0.457 e. The van der Waals surface area contributed by atoms with E-state index < -0.39 is 10.8 Å². The molecule has 0 radical (unpaired) electrons. The van der Waals surface area contributed by atoms with Crippen LogP contribution in [-0.4, -0.2) is 10.8 Å². The van der Waals surface area contributed by atoms with Gasteiger partial charge in [0.15, 0.2) is 0 Å². The molecule has 1 heterocycles. The van der Waals surface area contributed by atoms with E-state index in [1.807, 2.05) is 36.4 Å². The predicted octanol–water partition coefficient (Wildman–Crippen LogP) is 4.40. The monoisotopic (exact) mass is 359 g/mol. The van der Waals surface area contributed by atoms with E-state index in [2.05, 4.69) is 5.32 Å². The fraction of sp³-hybridized carbons (Fsp3) is 0. The highest BCUT2D eigenvalue weighted by molar-refractivity contribution is 6.09. The standard InChI is InChI=1S/C20H13N3O4/c21-13-15(20(24)22-16-6-8-17(9-7-16)23(25)26)12-18-10-11-19(27-18)14-4-2-1-3-5-14/h1-12H,(H,22,24)/b15-12+. The molecule has 1 aromatic heterocycles. The van der Waals surface area contributed by atoms with Gasteiger partial charge in [0.2, 0.25) is 0 Å². The van der Waals surface area contributed by atoms with Gasteiger partial charge in [0.25, 0.3) is 11.6 Å². The summed E-state index contributed by atoms with van der Waals surface area (Å²) in [6, 6.07) is 20.0. The summed E-state index contributed by atoms with van der Waals surface area (Å²) in [7, 11) is 0. The third-order valence-corrected chi connectivity index (χ3v) is 3.67. The summed E-state index contributed by atoms with van der Waals surface area (Å²) in [6.45, 7) is 0. The molecule has 3 aromatic rings. The van der Waals surface area contributed by atoms with Crippen LogP contribution in [0.4, 0.5) is 11.4 Å². The molecule has 0 aliphatic rings. The van der Waals surface area contributed by atoms with Crippen LogP contribution < -0.4 is 5.32 Å². The van der Waals surface area contributed by atoms with Crippen LogP contribution >= 0.6 is 0 Å². The summed E-state index contributed by atoms with van der Waals surface area (Å²) in [4.78, 5) is 22.4. The Morgan fingerprint density at radius 3 is 2.41 bits per heavy atom. The lowest BCUT2D eigenvalue weighted by Crippen LogP contribution is -2.13. The van der Waals surface area contributed by atoms with Crippen LogP contribution in [0.2, 0.25) is 0 Å². The van der Waals surface area contributed by atoms with Gasteiger partial charge >= 0.3 is 0 Å². The number of nitrogens with one attached hydrogen (secondary N) is 1. The Kier molecular flexibility index (Phi) is 5.10. The van der Waals surface area contributed by atoms with E-state index in [1.165, 1.54) is 30.3 Å². The molecule has 0 saturated carbocycles. The Hall–Kier alpha value is -4.18. The summed E-state index contributed by atoms with van der Waals surface area (Å²) in [5, 5.41) is 22.4. The number of nitrogens with zero attached hydrogens (tertiary/aromatic N) is 2. The SMILES string of the molecule is N#C/C(=C\c1ccc(-c2ccccc2)o1)C(=O)Nc1ccc([N+](=O)[O-])cc1. The number of anilines is 1. The van der Waals surface area contributed by atoms with Crippen LogP contribution in [0.1, 0.15) is 5.76 Å². The molecule has 0 unspecified atom stereocenters. The molecule has 132 valence electrons. The molecular formula is C20H13N3O4. The first-order chi connectivity index (χ1) is 13.1. The van der Waals surface area contributed by atoms with Crippen LogP contribution in [0.3, 0.4) is 0 Å². The molecule has 1 N–H and O–H groups in total. The predicted molar refractivity (Wildman–Crippen MR) is 99.5 cm³/mol. The third kappa shape index (κ3) is 4.27. The molecule has 0 aliphatic heterocycles. The molecular weight excluding hydrogens is 346 g/mol. The van der Waals surface area contributed by atoms with Crippen molar-refractivity contribution in [1.29, 1.82) is 5.26 Å². The average molecular weight is 359 g/mol. The maximum atomic E-state index is 12.3. The number of carbonyl (C=O) groups excluding carboxylic acids is 1. The number of hydrogen-bond donors (Lipinski definition) is 1. The molecule has 0 fully saturated rings. The summed E-state index contributed by atoms with van der Waals surface area (Å²) in [5.41, 5.74) is 0.984. The Labute approximate surface area is 154 Å². The van der Waals surface area contributed by atoms with Gasteiger partial charge in [-0.25, -0.2) is 0 Å². The number of benzene rings is 2. The molecule has 27 heavy (non-hydrogen) atoms. The first-order valence-electron chi connectivity index (χ1n) is 7.89. The Morgan fingerprint density at radius 2 is 1.78 bits per heavy atom. The van der Waals surface area contributed by atoms with Crippen molar-refractivity contribution in [2.45, 2.75) is 0 Å². The summed E-state index contributed by atoms with van der Waals surface area (Å²) in [6.07, 6.45) is 1.34. The number of nitriles is 1. The van der Waals surface area contributed by atoms with Crippen LogP contribution in [0.25, 0.3) is 17.4 Å². The molecule has 7 heteroatoms. The first-order valence-corrected chi connectivity index (χ1v) is 7.89. The van der Waals surface area contributed by atoms with Crippen molar-refractivity contribution < 1.29 is 14.1 Å². The fourth-order valence-electron chi connectivity index (χ4n) is 2.34. The number of non-ortho nitro benzene ring substituents is 1. The number of carbonyl (C=O) groups is 1. The normalized spacial score (nSPS) is 10.9. The third-order valence-electron chi connectivity index (χ3n) is 3.67. The fourth-order valence-corrected chi connectivity index (χ4v) is 2.34. The Bertz CT molecular complexity index is 1040. The molecule has 0 aliphatic carbocycles. The van der Waals surface area contributed by atoms with Crippen molar-refractivity contribution in [1.82, 2.24) is 0 Å². The second kappa shape index (κ2) is 7.80. The minimum atomic E-state index is -0.635. The zero-order valence-electron chi connectivity index (χ0n) is 14.0. The molecule has 3 rings (SSSR count). The second-order valence-corrected chi connectivity index (χ2v) is 5.50. The summed E-state index contributed by atoms with van der Waals surface area (Å²) in [5.74, 6) is 0.350. The van der Waals surface area contributed by atoms with Crippen molar-refractivity contribution in [3.63, 3.8) is 0 Å². The van der Waals surface area contributed by atoms with Gasteiger partial charge in [-0.15, -0.1) is 0 Å². The van der Waals surface area contributed by atoms with Crippen molar-refractivity contribution >= 4 is 23.4 Å². The summed E-state index contributed by atoms with van der Waals surface area (Å²) >= 11 is 0. The van der Waals surface area contributed by atoms with Gasteiger partial charge in [0, 0.05) is 29.5 Å². The van der Waals surface area contributed by atoms with Crippen LogP contribution in [0.15, 0.2) is 76.7 Å². The number of hydrogen-bond acceptors (Lipinski definition) is 5. The van der Waals surface area contributed by atoms with Gasteiger partial charge in [0.05, 0.1) is 4.92 Å².